The lowest BCUT2D eigenvalue weighted by molar-refractivity contribution is -0.111. The first-order valence-electron chi connectivity index (χ1n) is 9.30. The number of benzene rings is 1. The molecule has 3 rings (SSSR count). The molecule has 0 saturated heterocycles. The third-order valence-electron chi connectivity index (χ3n) is 3.92. The summed E-state index contributed by atoms with van der Waals surface area (Å²) in [5, 5.41) is 7.09. The van der Waals surface area contributed by atoms with Gasteiger partial charge < -0.3 is 14.8 Å². The number of carbonyl (C=O) groups is 1. The van der Waals surface area contributed by atoms with E-state index in [1.54, 1.807) is 36.3 Å². The van der Waals surface area contributed by atoms with Crippen LogP contribution in [-0.4, -0.2) is 33.9 Å². The summed E-state index contributed by atoms with van der Waals surface area (Å²) in [6.07, 6.45) is 6.75. The summed E-state index contributed by atoms with van der Waals surface area (Å²) in [6.45, 7) is 4.45. The summed E-state index contributed by atoms with van der Waals surface area (Å²) in [5.74, 6) is 1.50. The third kappa shape index (κ3) is 5.93. The number of hydrogen-bond donors (Lipinski definition) is 1. The smallest absolute Gasteiger partial charge is 0.249 e. The topological polar surface area (TPSA) is 78.3 Å². The van der Waals surface area contributed by atoms with Gasteiger partial charge in [-0.1, -0.05) is 12.1 Å². The van der Waals surface area contributed by atoms with Crippen molar-refractivity contribution < 1.29 is 14.3 Å². The van der Waals surface area contributed by atoms with Crippen molar-refractivity contribution in [2.75, 3.05) is 12.4 Å². The number of ether oxygens (including phenoxy) is 2. The molecular weight excluding hydrogens is 368 g/mol. The summed E-state index contributed by atoms with van der Waals surface area (Å²) in [5.41, 5.74) is 1.72. The second-order valence-corrected chi connectivity index (χ2v) is 6.62. The maximum atomic E-state index is 12.2. The van der Waals surface area contributed by atoms with Crippen molar-refractivity contribution in [3.63, 3.8) is 0 Å². The van der Waals surface area contributed by atoms with Gasteiger partial charge in [-0.3, -0.25) is 14.5 Å². The van der Waals surface area contributed by atoms with Crippen LogP contribution >= 0.6 is 0 Å². The Morgan fingerprint density at radius 2 is 2.07 bits per heavy atom. The Kier molecular flexibility index (Phi) is 6.63. The van der Waals surface area contributed by atoms with Gasteiger partial charge >= 0.3 is 0 Å². The molecule has 0 spiro atoms. The zero-order chi connectivity index (χ0) is 20.6. The molecule has 2 aromatic heterocycles. The average molecular weight is 392 g/mol. The van der Waals surface area contributed by atoms with Gasteiger partial charge in [-0.05, 0) is 49.8 Å². The monoisotopic (exact) mass is 392 g/mol. The van der Waals surface area contributed by atoms with E-state index in [0.29, 0.717) is 23.9 Å². The average Bonchev–Trinajstić information content (AvgIpc) is 3.14. The molecule has 1 N–H and O–H groups in total. The zero-order valence-electron chi connectivity index (χ0n) is 16.7. The molecule has 0 aliphatic heterocycles. The van der Waals surface area contributed by atoms with Gasteiger partial charge in [0, 0.05) is 24.5 Å². The van der Waals surface area contributed by atoms with Gasteiger partial charge in [-0.2, -0.15) is 5.10 Å². The fourth-order valence-corrected chi connectivity index (χ4v) is 2.65. The SMILES string of the molecule is COc1cc(/C=C/C(=O)Nc2ccn(Cc3ccccn3)n2)ccc1OC(C)C. The van der Waals surface area contributed by atoms with E-state index in [9.17, 15) is 4.79 Å². The largest absolute Gasteiger partial charge is 0.493 e. The molecule has 1 amide bonds. The molecule has 2 heterocycles. The fraction of sp³-hybridized carbons (Fsp3) is 0.227. The fourth-order valence-electron chi connectivity index (χ4n) is 2.65. The minimum absolute atomic E-state index is 0.0496. The van der Waals surface area contributed by atoms with E-state index >= 15 is 0 Å². The van der Waals surface area contributed by atoms with Gasteiger partial charge in [0.1, 0.15) is 0 Å². The Hall–Kier alpha value is -3.61. The van der Waals surface area contributed by atoms with Crippen LogP contribution in [0.15, 0.2) is 60.9 Å². The molecule has 150 valence electrons. The van der Waals surface area contributed by atoms with E-state index in [1.807, 2.05) is 50.2 Å². The summed E-state index contributed by atoms with van der Waals surface area (Å²) in [4.78, 5) is 16.5. The lowest BCUT2D eigenvalue weighted by Crippen LogP contribution is -2.09. The highest BCUT2D eigenvalue weighted by atomic mass is 16.5. The van der Waals surface area contributed by atoms with Gasteiger partial charge in [0.2, 0.25) is 5.91 Å². The first-order valence-corrected chi connectivity index (χ1v) is 9.30. The number of nitrogens with zero attached hydrogens (tertiary/aromatic N) is 3. The molecule has 29 heavy (non-hydrogen) atoms. The van der Waals surface area contributed by atoms with Crippen molar-refractivity contribution in [1.82, 2.24) is 14.8 Å². The van der Waals surface area contributed by atoms with E-state index in [1.165, 1.54) is 6.08 Å². The molecule has 0 radical (unpaired) electrons. The molecule has 7 heteroatoms. The number of nitrogens with one attached hydrogen (secondary N) is 1. The van der Waals surface area contributed by atoms with Crippen molar-refractivity contribution in [2.24, 2.45) is 0 Å². The highest BCUT2D eigenvalue weighted by Crippen LogP contribution is 2.29. The summed E-state index contributed by atoms with van der Waals surface area (Å²) < 4.78 is 12.8. The number of anilines is 1. The Morgan fingerprint density at radius 1 is 1.21 bits per heavy atom. The van der Waals surface area contributed by atoms with E-state index in [2.05, 4.69) is 15.4 Å². The Balaban J connectivity index is 1.60. The Bertz CT molecular complexity index is 981. The van der Waals surface area contributed by atoms with Crippen molar-refractivity contribution >= 4 is 17.8 Å². The number of carbonyl (C=O) groups excluding carboxylic acids is 1. The number of methoxy groups -OCH3 is 1. The molecule has 3 aromatic rings. The van der Waals surface area contributed by atoms with Gasteiger partial charge in [-0.25, -0.2) is 0 Å². The molecule has 1 aromatic carbocycles. The predicted octanol–water partition coefficient (Wildman–Crippen LogP) is 3.77. The van der Waals surface area contributed by atoms with Gasteiger partial charge in [0.15, 0.2) is 17.3 Å². The second kappa shape index (κ2) is 9.54. The lowest BCUT2D eigenvalue weighted by atomic mass is 10.2. The summed E-state index contributed by atoms with van der Waals surface area (Å²) in [7, 11) is 1.59. The molecule has 0 saturated carbocycles. The maximum absolute atomic E-state index is 12.2. The van der Waals surface area contributed by atoms with Crippen LogP contribution in [0, 0.1) is 0 Å². The van der Waals surface area contributed by atoms with Gasteiger partial charge in [-0.15, -0.1) is 0 Å². The van der Waals surface area contributed by atoms with Crippen LogP contribution in [0.5, 0.6) is 11.5 Å². The maximum Gasteiger partial charge on any atom is 0.249 e. The minimum Gasteiger partial charge on any atom is -0.493 e. The van der Waals surface area contributed by atoms with Crippen LogP contribution in [0.4, 0.5) is 5.82 Å². The number of hydrogen-bond acceptors (Lipinski definition) is 5. The third-order valence-corrected chi connectivity index (χ3v) is 3.92. The van der Waals surface area contributed by atoms with E-state index in [4.69, 9.17) is 9.47 Å². The molecule has 0 atom stereocenters. The molecule has 0 aliphatic rings. The number of amides is 1. The number of rotatable bonds is 8. The summed E-state index contributed by atoms with van der Waals surface area (Å²) in [6, 6.07) is 13.0. The highest BCUT2D eigenvalue weighted by Gasteiger charge is 2.07. The first kappa shape index (κ1) is 20.1. The molecule has 0 fully saturated rings. The van der Waals surface area contributed by atoms with Crippen LogP contribution in [0.3, 0.4) is 0 Å². The standard InChI is InChI=1S/C22H24N4O3/c1-16(2)29-19-9-7-17(14-20(19)28-3)8-10-22(27)24-21-11-13-26(25-21)15-18-6-4-5-12-23-18/h4-14,16H,15H2,1-3H3,(H,24,25,27)/b10-8+. The molecule has 0 unspecified atom stereocenters. The first-order chi connectivity index (χ1) is 14.0. The molecule has 7 nitrogen and oxygen atoms in total. The van der Waals surface area contributed by atoms with E-state index in [0.717, 1.165) is 11.3 Å². The van der Waals surface area contributed by atoms with Crippen molar-refractivity contribution in [1.29, 1.82) is 0 Å². The van der Waals surface area contributed by atoms with Crippen LogP contribution in [0.1, 0.15) is 25.1 Å². The minimum atomic E-state index is -0.269. The normalized spacial score (nSPS) is 11.0. The predicted molar refractivity (Wildman–Crippen MR) is 112 cm³/mol. The van der Waals surface area contributed by atoms with Gasteiger partial charge in [0.05, 0.1) is 25.5 Å². The zero-order valence-corrected chi connectivity index (χ0v) is 16.7. The van der Waals surface area contributed by atoms with Crippen molar-refractivity contribution in [3.05, 3.63) is 72.2 Å². The Labute approximate surface area is 170 Å². The highest BCUT2D eigenvalue weighted by molar-refractivity contribution is 6.01. The van der Waals surface area contributed by atoms with Crippen LogP contribution in [0.2, 0.25) is 0 Å². The number of pyridine rings is 1. The summed E-state index contributed by atoms with van der Waals surface area (Å²) >= 11 is 0. The van der Waals surface area contributed by atoms with Crippen LogP contribution in [-0.2, 0) is 11.3 Å². The lowest BCUT2D eigenvalue weighted by Gasteiger charge is -2.13. The molecular formula is C22H24N4O3. The van der Waals surface area contributed by atoms with Gasteiger partial charge in [0.25, 0.3) is 0 Å². The van der Waals surface area contributed by atoms with Crippen LogP contribution in [0.25, 0.3) is 6.08 Å². The van der Waals surface area contributed by atoms with E-state index in [-0.39, 0.29) is 12.0 Å². The number of aromatic nitrogens is 3. The van der Waals surface area contributed by atoms with Crippen molar-refractivity contribution in [2.45, 2.75) is 26.5 Å². The van der Waals surface area contributed by atoms with Crippen LogP contribution < -0.4 is 14.8 Å². The molecule has 0 bridgehead atoms. The van der Waals surface area contributed by atoms with E-state index < -0.39 is 0 Å². The second-order valence-electron chi connectivity index (χ2n) is 6.62. The quantitative estimate of drug-likeness (QED) is 0.591. The Morgan fingerprint density at radius 3 is 2.79 bits per heavy atom. The van der Waals surface area contributed by atoms with Crippen molar-refractivity contribution in [3.8, 4) is 11.5 Å². The molecule has 0 aliphatic carbocycles.